The summed E-state index contributed by atoms with van der Waals surface area (Å²) in [7, 11) is 3.25. The van der Waals surface area contributed by atoms with E-state index in [0.717, 1.165) is 41.3 Å². The number of rotatable bonds is 5. The van der Waals surface area contributed by atoms with Crippen molar-refractivity contribution in [2.24, 2.45) is 7.05 Å². The molecule has 0 bridgehead atoms. The molecule has 1 aromatic heterocycles. The van der Waals surface area contributed by atoms with Crippen LogP contribution in [-0.2, 0) is 23.0 Å². The summed E-state index contributed by atoms with van der Waals surface area (Å²) in [4.78, 5) is 11.6. The quantitative estimate of drug-likeness (QED) is 0.602. The van der Waals surface area contributed by atoms with Crippen molar-refractivity contribution < 1.29 is 19.0 Å². The maximum atomic E-state index is 11.6. The van der Waals surface area contributed by atoms with Gasteiger partial charge in [-0.1, -0.05) is 24.3 Å². The summed E-state index contributed by atoms with van der Waals surface area (Å²) in [6.07, 6.45) is 2.08. The molecule has 1 aliphatic carbocycles. The van der Waals surface area contributed by atoms with Crippen LogP contribution in [0.3, 0.4) is 0 Å². The Morgan fingerprint density at radius 3 is 2.97 bits per heavy atom. The molecule has 2 aromatic carbocycles. The largest absolute Gasteiger partial charge is 0.492 e. The third kappa shape index (κ3) is 3.18. The Balaban J connectivity index is 1.37. The minimum Gasteiger partial charge on any atom is -0.492 e. The molecule has 1 aliphatic heterocycles. The van der Waals surface area contributed by atoms with Crippen molar-refractivity contribution in [3.8, 4) is 22.9 Å². The zero-order valence-corrected chi connectivity index (χ0v) is 16.9. The van der Waals surface area contributed by atoms with Crippen LogP contribution in [0.5, 0.6) is 11.5 Å². The van der Waals surface area contributed by atoms with Crippen LogP contribution in [-0.4, -0.2) is 39.9 Å². The number of ether oxygens (including phenoxy) is 3. The minimum absolute atomic E-state index is 0.0243. The van der Waals surface area contributed by atoms with Crippen LogP contribution in [0.1, 0.15) is 41.6 Å². The van der Waals surface area contributed by atoms with Crippen molar-refractivity contribution in [2.45, 2.75) is 31.3 Å². The highest BCUT2D eigenvalue weighted by Gasteiger charge is 2.30. The van der Waals surface area contributed by atoms with Gasteiger partial charge >= 0.3 is 5.97 Å². The Kier molecular flexibility index (Phi) is 4.61. The van der Waals surface area contributed by atoms with E-state index in [1.54, 1.807) is 4.68 Å². The van der Waals surface area contributed by atoms with Crippen LogP contribution in [0.4, 0.5) is 0 Å². The molecule has 5 rings (SSSR count). The molecule has 3 aromatic rings. The van der Waals surface area contributed by atoms with Gasteiger partial charge in [-0.05, 0) is 40.5 Å². The van der Waals surface area contributed by atoms with Crippen LogP contribution in [0, 0.1) is 0 Å². The number of fused-ring (bicyclic) bond motifs is 2. The van der Waals surface area contributed by atoms with Gasteiger partial charge in [0.25, 0.3) is 0 Å². The Labute approximate surface area is 173 Å². The number of nitrogens with zero attached hydrogens (tertiary/aromatic N) is 4. The molecule has 154 valence electrons. The van der Waals surface area contributed by atoms with Crippen LogP contribution in [0.2, 0.25) is 0 Å². The molecular formula is C22H22N4O4. The maximum Gasteiger partial charge on any atom is 0.306 e. The number of hydrogen-bond donors (Lipinski definition) is 0. The molecule has 2 heterocycles. The van der Waals surface area contributed by atoms with Gasteiger partial charge in [0.2, 0.25) is 0 Å². The van der Waals surface area contributed by atoms with Gasteiger partial charge in [-0.15, -0.1) is 5.10 Å². The second-order valence-corrected chi connectivity index (χ2v) is 7.63. The second-order valence-electron chi connectivity index (χ2n) is 7.63. The van der Waals surface area contributed by atoms with E-state index in [0.29, 0.717) is 13.0 Å². The van der Waals surface area contributed by atoms with E-state index < -0.39 is 0 Å². The Morgan fingerprint density at radius 2 is 2.17 bits per heavy atom. The van der Waals surface area contributed by atoms with Crippen molar-refractivity contribution in [1.82, 2.24) is 20.2 Å². The average Bonchev–Trinajstić information content (AvgIpc) is 3.47. The molecule has 30 heavy (non-hydrogen) atoms. The summed E-state index contributed by atoms with van der Waals surface area (Å²) < 4.78 is 18.6. The summed E-state index contributed by atoms with van der Waals surface area (Å²) in [6, 6.07) is 12.0. The highest BCUT2D eigenvalue weighted by molar-refractivity contribution is 5.71. The molecule has 0 saturated heterocycles. The monoisotopic (exact) mass is 406 g/mol. The van der Waals surface area contributed by atoms with Crippen molar-refractivity contribution in [3.05, 3.63) is 53.1 Å². The van der Waals surface area contributed by atoms with Gasteiger partial charge in [0.15, 0.2) is 5.82 Å². The van der Waals surface area contributed by atoms with Gasteiger partial charge < -0.3 is 14.2 Å². The molecule has 8 nitrogen and oxygen atoms in total. The van der Waals surface area contributed by atoms with Crippen molar-refractivity contribution in [2.75, 3.05) is 13.7 Å². The number of aromatic nitrogens is 4. The highest BCUT2D eigenvalue weighted by atomic mass is 16.5. The summed E-state index contributed by atoms with van der Waals surface area (Å²) in [5, 5.41) is 11.9. The van der Waals surface area contributed by atoms with Gasteiger partial charge in [-0.25, -0.2) is 4.68 Å². The van der Waals surface area contributed by atoms with E-state index in [4.69, 9.17) is 14.2 Å². The summed E-state index contributed by atoms with van der Waals surface area (Å²) in [5.41, 5.74) is 4.47. The van der Waals surface area contributed by atoms with Crippen molar-refractivity contribution in [1.29, 1.82) is 0 Å². The fourth-order valence-corrected chi connectivity index (χ4v) is 4.35. The van der Waals surface area contributed by atoms with Gasteiger partial charge in [0, 0.05) is 30.2 Å². The number of benzene rings is 2. The molecule has 2 atom stereocenters. The first-order valence-electron chi connectivity index (χ1n) is 9.98. The van der Waals surface area contributed by atoms with Crippen LogP contribution >= 0.6 is 0 Å². The molecule has 0 N–H and O–H groups in total. The van der Waals surface area contributed by atoms with E-state index in [2.05, 4.69) is 27.7 Å². The topological polar surface area (TPSA) is 88.4 Å². The molecule has 0 spiro atoms. The standard InChI is InChI=1S/C22H22N4O4/c1-26-22(23-24-25-26)18-5-3-4-17-16(18)8-9-19(17)30-14-6-7-15-13(10-21(27)28-2)12-29-20(15)11-14/h3-7,11,13,19H,8-10,12H2,1-2H3/t13-,19-/m1/s1. The molecule has 0 radical (unpaired) electrons. The lowest BCUT2D eigenvalue weighted by molar-refractivity contribution is -0.141. The first-order valence-corrected chi connectivity index (χ1v) is 9.98. The molecule has 2 aliphatic rings. The van der Waals surface area contributed by atoms with Gasteiger partial charge in [0.1, 0.15) is 17.6 Å². The molecular weight excluding hydrogens is 384 g/mol. The van der Waals surface area contributed by atoms with Crippen LogP contribution in [0.25, 0.3) is 11.4 Å². The number of methoxy groups -OCH3 is 1. The second kappa shape index (κ2) is 7.44. The number of carbonyl (C=O) groups excluding carboxylic acids is 1. The molecule has 0 fully saturated rings. The molecule has 0 saturated carbocycles. The molecule has 0 amide bonds. The van der Waals surface area contributed by atoms with Crippen LogP contribution in [0.15, 0.2) is 36.4 Å². The summed E-state index contributed by atoms with van der Waals surface area (Å²) in [6.45, 7) is 0.481. The fourth-order valence-electron chi connectivity index (χ4n) is 4.35. The number of hydrogen-bond acceptors (Lipinski definition) is 7. The van der Waals surface area contributed by atoms with Gasteiger partial charge in [-0.3, -0.25) is 4.79 Å². The number of aryl methyl sites for hydroxylation is 1. The lowest BCUT2D eigenvalue weighted by Gasteiger charge is -2.16. The molecule has 0 unspecified atom stereocenters. The first-order chi connectivity index (χ1) is 14.6. The molecule has 8 heteroatoms. The third-order valence-electron chi connectivity index (χ3n) is 5.86. The Morgan fingerprint density at radius 1 is 1.27 bits per heavy atom. The SMILES string of the molecule is COC(=O)C[C@@H]1COc2cc(O[C@@H]3CCc4c(-c5nnnn5C)cccc43)ccc21. The third-order valence-corrected chi connectivity index (χ3v) is 5.86. The van der Waals surface area contributed by atoms with E-state index in [9.17, 15) is 4.79 Å². The van der Waals surface area contributed by atoms with E-state index in [1.165, 1.54) is 18.2 Å². The lowest BCUT2D eigenvalue weighted by Crippen LogP contribution is -2.09. The van der Waals surface area contributed by atoms with Gasteiger partial charge in [-0.2, -0.15) is 0 Å². The maximum absolute atomic E-state index is 11.6. The smallest absolute Gasteiger partial charge is 0.306 e. The van der Waals surface area contributed by atoms with E-state index >= 15 is 0 Å². The minimum atomic E-state index is -0.228. The average molecular weight is 406 g/mol. The number of esters is 1. The van der Waals surface area contributed by atoms with Gasteiger partial charge in [0.05, 0.1) is 20.1 Å². The highest BCUT2D eigenvalue weighted by Crippen LogP contribution is 2.42. The predicted molar refractivity (Wildman–Crippen MR) is 107 cm³/mol. The van der Waals surface area contributed by atoms with Crippen LogP contribution < -0.4 is 9.47 Å². The number of carbonyl (C=O) groups is 1. The Hall–Kier alpha value is -3.42. The Bertz CT molecular complexity index is 1110. The van der Waals surface area contributed by atoms with Crippen molar-refractivity contribution >= 4 is 5.97 Å². The van der Waals surface area contributed by atoms with E-state index in [1.807, 2.05) is 31.3 Å². The zero-order valence-electron chi connectivity index (χ0n) is 16.9. The zero-order chi connectivity index (χ0) is 20.7. The lowest BCUT2D eigenvalue weighted by atomic mass is 9.98. The summed E-state index contributed by atoms with van der Waals surface area (Å²) >= 11 is 0. The fraction of sp³-hybridized carbons (Fsp3) is 0.364. The summed E-state index contributed by atoms with van der Waals surface area (Å²) in [5.74, 6) is 2.09. The van der Waals surface area contributed by atoms with E-state index in [-0.39, 0.29) is 18.0 Å². The van der Waals surface area contributed by atoms with Crippen molar-refractivity contribution in [3.63, 3.8) is 0 Å². The normalized spacial score (nSPS) is 19.1. The predicted octanol–water partition coefficient (Wildman–Crippen LogP) is 2.98. The first kappa shape index (κ1) is 18.6. The number of tetrazole rings is 1.